The summed E-state index contributed by atoms with van der Waals surface area (Å²) in [6.07, 6.45) is -4.71. The first-order valence-corrected chi connectivity index (χ1v) is 7.67. The fraction of sp³-hybridized carbons (Fsp3) is 0.167. The van der Waals surface area contributed by atoms with Crippen LogP contribution in [0.5, 0.6) is 0 Å². The van der Waals surface area contributed by atoms with Gasteiger partial charge in [0.25, 0.3) is 0 Å². The molecule has 0 spiro atoms. The van der Waals surface area contributed by atoms with E-state index in [0.29, 0.717) is 10.9 Å². The van der Waals surface area contributed by atoms with Gasteiger partial charge in [-0.3, -0.25) is 0 Å². The van der Waals surface area contributed by atoms with E-state index in [4.69, 9.17) is 5.73 Å². The Labute approximate surface area is 133 Å². The highest BCUT2D eigenvalue weighted by atomic mass is 79.9. The molecule has 0 aliphatic heterocycles. The van der Waals surface area contributed by atoms with Crippen molar-refractivity contribution in [3.63, 3.8) is 0 Å². The van der Waals surface area contributed by atoms with E-state index in [1.807, 2.05) is 0 Å². The Bertz CT molecular complexity index is 619. The van der Waals surface area contributed by atoms with Gasteiger partial charge in [0.2, 0.25) is 0 Å². The second-order valence-electron chi connectivity index (χ2n) is 3.99. The number of benzene rings is 1. The number of hydrogen-bond acceptors (Lipinski definition) is 2. The van der Waals surface area contributed by atoms with Gasteiger partial charge in [-0.25, -0.2) is 4.39 Å². The lowest BCUT2D eigenvalue weighted by molar-refractivity contribution is -0.140. The number of rotatable bonds is 2. The Morgan fingerprint density at radius 2 is 1.80 bits per heavy atom. The standard InChI is InChI=1S/C12H7Br2F4NS/c13-7-4-9(20-11(7)14)10(19)5-1-2-6(8(15)3-5)12(16,17)18/h1-4,10H,19H2. The average Bonchev–Trinajstić information content (AvgIpc) is 2.67. The third-order valence-electron chi connectivity index (χ3n) is 2.63. The molecule has 0 saturated carbocycles. The Kier molecular flexibility index (Phi) is 4.58. The monoisotopic (exact) mass is 431 g/mol. The summed E-state index contributed by atoms with van der Waals surface area (Å²) in [5.41, 5.74) is 4.95. The van der Waals surface area contributed by atoms with Gasteiger partial charge < -0.3 is 5.73 Å². The maximum absolute atomic E-state index is 13.5. The molecular weight excluding hydrogens is 426 g/mol. The number of halogens is 6. The Balaban J connectivity index is 2.36. The molecule has 0 saturated heterocycles. The first-order valence-electron chi connectivity index (χ1n) is 5.27. The molecule has 8 heteroatoms. The van der Waals surface area contributed by atoms with Crippen molar-refractivity contribution in [2.45, 2.75) is 12.2 Å². The summed E-state index contributed by atoms with van der Waals surface area (Å²) in [5.74, 6) is -1.32. The molecule has 108 valence electrons. The van der Waals surface area contributed by atoms with Gasteiger partial charge >= 0.3 is 6.18 Å². The lowest BCUT2D eigenvalue weighted by Crippen LogP contribution is -2.13. The largest absolute Gasteiger partial charge is 0.419 e. The third-order valence-corrected chi connectivity index (χ3v) is 5.97. The highest BCUT2D eigenvalue weighted by Gasteiger charge is 2.34. The molecule has 1 aromatic heterocycles. The van der Waals surface area contributed by atoms with Crippen molar-refractivity contribution in [3.05, 3.63) is 54.3 Å². The summed E-state index contributed by atoms with van der Waals surface area (Å²) in [5, 5.41) is 0. The average molecular weight is 433 g/mol. The van der Waals surface area contributed by atoms with Crippen LogP contribution in [0.4, 0.5) is 17.6 Å². The molecule has 1 aromatic carbocycles. The second kappa shape index (κ2) is 5.75. The van der Waals surface area contributed by atoms with E-state index < -0.39 is 23.6 Å². The summed E-state index contributed by atoms with van der Waals surface area (Å²) < 4.78 is 52.6. The lowest BCUT2D eigenvalue weighted by atomic mass is 10.0. The molecule has 0 fully saturated rings. The van der Waals surface area contributed by atoms with Crippen LogP contribution in [0.1, 0.15) is 22.0 Å². The zero-order chi connectivity index (χ0) is 15.1. The van der Waals surface area contributed by atoms with Gasteiger partial charge in [0.05, 0.1) is 15.4 Å². The summed E-state index contributed by atoms with van der Waals surface area (Å²) in [6.45, 7) is 0. The van der Waals surface area contributed by atoms with Crippen LogP contribution < -0.4 is 5.73 Å². The molecule has 0 bridgehead atoms. The minimum atomic E-state index is -4.71. The van der Waals surface area contributed by atoms with Gasteiger partial charge in [-0.15, -0.1) is 11.3 Å². The van der Waals surface area contributed by atoms with E-state index in [2.05, 4.69) is 31.9 Å². The summed E-state index contributed by atoms with van der Waals surface area (Å²) >= 11 is 7.93. The summed E-state index contributed by atoms with van der Waals surface area (Å²) in [4.78, 5) is 0.711. The molecule has 2 N–H and O–H groups in total. The number of alkyl halides is 3. The number of nitrogens with two attached hydrogens (primary N) is 1. The lowest BCUT2D eigenvalue weighted by Gasteiger charge is -2.13. The van der Waals surface area contributed by atoms with Crippen molar-refractivity contribution in [3.8, 4) is 0 Å². The smallest absolute Gasteiger partial charge is 0.320 e. The van der Waals surface area contributed by atoms with Crippen LogP contribution in [0.2, 0.25) is 0 Å². The zero-order valence-electron chi connectivity index (χ0n) is 9.64. The molecule has 0 radical (unpaired) electrons. The topological polar surface area (TPSA) is 26.0 Å². The van der Waals surface area contributed by atoms with Crippen molar-refractivity contribution in [2.75, 3.05) is 0 Å². The van der Waals surface area contributed by atoms with Gasteiger partial charge in [-0.2, -0.15) is 13.2 Å². The van der Waals surface area contributed by atoms with Crippen LogP contribution in [0.15, 0.2) is 32.5 Å². The van der Waals surface area contributed by atoms with Gasteiger partial charge in [-0.05, 0) is 55.6 Å². The molecule has 2 aromatic rings. The fourth-order valence-corrected chi connectivity index (χ4v) is 3.75. The maximum atomic E-state index is 13.5. The van der Waals surface area contributed by atoms with E-state index in [1.54, 1.807) is 6.07 Å². The Morgan fingerprint density at radius 1 is 1.15 bits per heavy atom. The fourth-order valence-electron chi connectivity index (χ4n) is 1.64. The number of hydrogen-bond donors (Lipinski definition) is 1. The quantitative estimate of drug-likeness (QED) is 0.625. The molecular formula is C12H7Br2F4NS. The van der Waals surface area contributed by atoms with E-state index >= 15 is 0 Å². The number of thiophene rings is 1. The van der Waals surface area contributed by atoms with Crippen molar-refractivity contribution in [1.82, 2.24) is 0 Å². The first kappa shape index (κ1) is 15.9. The van der Waals surface area contributed by atoms with E-state index in [9.17, 15) is 17.6 Å². The predicted octanol–water partition coefficient (Wildman–Crippen LogP) is 5.48. The molecule has 1 heterocycles. The molecule has 20 heavy (non-hydrogen) atoms. The van der Waals surface area contributed by atoms with Crippen LogP contribution >= 0.6 is 43.2 Å². The zero-order valence-corrected chi connectivity index (χ0v) is 13.6. The van der Waals surface area contributed by atoms with Gasteiger partial charge in [-0.1, -0.05) is 6.07 Å². The van der Waals surface area contributed by atoms with Gasteiger partial charge in [0, 0.05) is 9.35 Å². The molecule has 0 aliphatic rings. The van der Waals surface area contributed by atoms with Crippen molar-refractivity contribution in [2.24, 2.45) is 5.73 Å². The highest BCUT2D eigenvalue weighted by Crippen LogP contribution is 2.38. The molecule has 1 unspecified atom stereocenters. The third kappa shape index (κ3) is 3.24. The van der Waals surface area contributed by atoms with Crippen molar-refractivity contribution >= 4 is 43.2 Å². The van der Waals surface area contributed by atoms with Crippen molar-refractivity contribution < 1.29 is 17.6 Å². The maximum Gasteiger partial charge on any atom is 0.419 e. The second-order valence-corrected chi connectivity index (χ2v) is 7.24. The SMILES string of the molecule is NC(c1ccc(C(F)(F)F)c(F)c1)c1cc(Br)c(Br)s1. The van der Waals surface area contributed by atoms with Gasteiger partial charge in [0.1, 0.15) is 5.82 Å². The minimum Gasteiger partial charge on any atom is -0.320 e. The van der Waals surface area contributed by atoms with Gasteiger partial charge in [0.15, 0.2) is 0 Å². The van der Waals surface area contributed by atoms with Crippen LogP contribution in [0, 0.1) is 5.82 Å². The summed E-state index contributed by atoms with van der Waals surface area (Å²) in [6, 6.07) is 3.80. The summed E-state index contributed by atoms with van der Waals surface area (Å²) in [7, 11) is 0. The normalized spacial score (nSPS) is 13.6. The molecule has 0 amide bonds. The van der Waals surface area contributed by atoms with E-state index in [-0.39, 0.29) is 5.56 Å². The predicted molar refractivity (Wildman–Crippen MR) is 77.2 cm³/mol. The minimum absolute atomic E-state index is 0.289. The van der Waals surface area contributed by atoms with E-state index in [1.165, 1.54) is 17.4 Å². The van der Waals surface area contributed by atoms with Crippen molar-refractivity contribution in [1.29, 1.82) is 0 Å². The molecule has 1 nitrogen and oxygen atoms in total. The van der Waals surface area contributed by atoms with E-state index in [0.717, 1.165) is 14.3 Å². The van der Waals surface area contributed by atoms with Crippen LogP contribution in [0.3, 0.4) is 0 Å². The van der Waals surface area contributed by atoms with Crippen LogP contribution in [-0.4, -0.2) is 0 Å². The first-order chi connectivity index (χ1) is 9.20. The van der Waals surface area contributed by atoms with Crippen LogP contribution in [0.25, 0.3) is 0 Å². The highest BCUT2D eigenvalue weighted by molar-refractivity contribution is 9.13. The molecule has 2 rings (SSSR count). The Hall–Kier alpha value is -0.440. The molecule has 1 atom stereocenters. The molecule has 0 aliphatic carbocycles. The van der Waals surface area contributed by atoms with Crippen LogP contribution in [-0.2, 0) is 6.18 Å². The Morgan fingerprint density at radius 3 is 2.25 bits per heavy atom.